The molecule has 5 rings (SSSR count). The normalized spacial score (nSPS) is 43.2. The number of fused-ring (bicyclic) bond motifs is 7. The van der Waals surface area contributed by atoms with Crippen molar-refractivity contribution in [1.29, 1.82) is 0 Å². The number of hydrogen-bond acceptors (Lipinski definition) is 4. The van der Waals surface area contributed by atoms with Crippen LogP contribution in [0, 0.1) is 56.8 Å². The molecular weight excluding hydrogens is 498 g/mol. The Hall–Kier alpha value is -2.06. The van der Waals surface area contributed by atoms with Crippen LogP contribution in [0.15, 0.2) is 23.4 Å². The molecule has 5 aliphatic carbocycles. The Bertz CT molecular complexity index is 1250. The molecule has 0 aromatic carbocycles. The van der Waals surface area contributed by atoms with Crippen molar-refractivity contribution in [2.45, 2.75) is 106 Å². The number of ketones is 3. The molecule has 0 aliphatic heterocycles. The summed E-state index contributed by atoms with van der Waals surface area (Å²) in [5.41, 5.74) is 0.00757. The van der Waals surface area contributed by atoms with Crippen LogP contribution in [-0.4, -0.2) is 31.1 Å². The van der Waals surface area contributed by atoms with Crippen LogP contribution in [0.2, 0.25) is 0 Å². The number of nitrogens with zero attached hydrogens (tertiary/aromatic N) is 1. The van der Waals surface area contributed by atoms with Gasteiger partial charge in [-0.1, -0.05) is 60.1 Å². The summed E-state index contributed by atoms with van der Waals surface area (Å²) in [6.07, 6.45) is 12.4. The van der Waals surface area contributed by atoms with E-state index in [1.54, 1.807) is 7.11 Å². The molecule has 0 unspecified atom stereocenters. The topological polar surface area (TPSA) is 64.8 Å². The Morgan fingerprint density at radius 2 is 1.70 bits per heavy atom. The monoisotopic (exact) mass is 547 g/mol. The highest BCUT2D eigenvalue weighted by molar-refractivity contribution is 6.03. The van der Waals surface area contributed by atoms with Gasteiger partial charge in [0.2, 0.25) is 5.70 Å². The molecule has 0 amide bonds. The molecular formula is C35H49NO4. The SMILES string of the molecule is [C-]#[N+]C1=C[C@]2(C)C3=CC(=O)[C@@H]4[C@@H]5CC(C)(C)CC[C@]5(CCC(=O)COC)CC[C@@]4(C)[C@]3(C)CC[C@H]2C(C)(C)C1=O. The van der Waals surface area contributed by atoms with Gasteiger partial charge in [-0.25, -0.2) is 4.85 Å². The number of ether oxygens (including phenoxy) is 1. The molecule has 3 saturated carbocycles. The van der Waals surface area contributed by atoms with Crippen molar-refractivity contribution in [2.24, 2.45) is 50.2 Å². The second-order valence-electron chi connectivity index (χ2n) is 16.1. The van der Waals surface area contributed by atoms with E-state index < -0.39 is 10.8 Å². The summed E-state index contributed by atoms with van der Waals surface area (Å²) in [7, 11) is 1.58. The first-order valence-electron chi connectivity index (χ1n) is 15.4. The second kappa shape index (κ2) is 9.22. The highest BCUT2D eigenvalue weighted by atomic mass is 16.5. The lowest BCUT2D eigenvalue weighted by Gasteiger charge is -2.69. The van der Waals surface area contributed by atoms with Crippen molar-refractivity contribution < 1.29 is 19.1 Å². The van der Waals surface area contributed by atoms with Gasteiger partial charge >= 0.3 is 0 Å². The van der Waals surface area contributed by atoms with Crippen molar-refractivity contribution in [3.63, 3.8) is 0 Å². The van der Waals surface area contributed by atoms with E-state index in [1.165, 1.54) is 0 Å². The maximum absolute atomic E-state index is 14.6. The maximum Gasteiger partial charge on any atom is 0.226 e. The fraction of sp³-hybridized carbons (Fsp3) is 0.771. The molecule has 0 aromatic heterocycles. The highest BCUT2D eigenvalue weighted by Crippen LogP contribution is 2.75. The molecule has 0 radical (unpaired) electrons. The maximum atomic E-state index is 14.6. The minimum absolute atomic E-state index is 0.0119. The number of Topliss-reactive ketones (excluding diaryl/α,β-unsaturated/α-hetero) is 2. The van der Waals surface area contributed by atoms with Crippen LogP contribution in [-0.2, 0) is 19.1 Å². The van der Waals surface area contributed by atoms with Gasteiger partial charge in [-0.2, -0.15) is 0 Å². The van der Waals surface area contributed by atoms with E-state index >= 15 is 0 Å². The smallest absolute Gasteiger partial charge is 0.226 e. The van der Waals surface area contributed by atoms with Crippen LogP contribution >= 0.6 is 0 Å². The highest BCUT2D eigenvalue weighted by Gasteiger charge is 2.69. The second-order valence-corrected chi connectivity index (χ2v) is 16.1. The zero-order valence-corrected chi connectivity index (χ0v) is 26.0. The predicted octanol–water partition coefficient (Wildman–Crippen LogP) is 7.55. The van der Waals surface area contributed by atoms with Gasteiger partial charge in [0.05, 0.1) is 6.57 Å². The van der Waals surface area contributed by atoms with E-state index in [2.05, 4.69) is 39.5 Å². The quantitative estimate of drug-likeness (QED) is 0.333. The largest absolute Gasteiger partial charge is 0.377 e. The molecule has 0 bridgehead atoms. The Labute approximate surface area is 241 Å². The fourth-order valence-electron chi connectivity index (χ4n) is 10.8. The fourth-order valence-corrected chi connectivity index (χ4v) is 10.8. The van der Waals surface area contributed by atoms with Crippen molar-refractivity contribution in [2.75, 3.05) is 13.7 Å². The van der Waals surface area contributed by atoms with Gasteiger partial charge < -0.3 is 9.53 Å². The van der Waals surface area contributed by atoms with Crippen LogP contribution in [0.4, 0.5) is 0 Å². The van der Waals surface area contributed by atoms with E-state index in [4.69, 9.17) is 11.3 Å². The Morgan fingerprint density at radius 3 is 2.35 bits per heavy atom. The Morgan fingerprint density at radius 1 is 1.02 bits per heavy atom. The molecule has 0 saturated heterocycles. The van der Waals surface area contributed by atoms with Crippen molar-refractivity contribution in [3.05, 3.63) is 34.8 Å². The van der Waals surface area contributed by atoms with Gasteiger partial charge in [0.1, 0.15) is 6.61 Å². The van der Waals surface area contributed by atoms with Gasteiger partial charge in [0.15, 0.2) is 17.3 Å². The van der Waals surface area contributed by atoms with Crippen LogP contribution in [0.25, 0.3) is 4.85 Å². The molecule has 5 nitrogen and oxygen atoms in total. The van der Waals surface area contributed by atoms with E-state index in [9.17, 15) is 14.4 Å². The number of rotatable bonds is 5. The molecule has 0 spiro atoms. The molecule has 5 heteroatoms. The Kier molecular flexibility index (Phi) is 6.78. The summed E-state index contributed by atoms with van der Waals surface area (Å²) in [6.45, 7) is 23.6. The summed E-state index contributed by atoms with van der Waals surface area (Å²) < 4.78 is 5.14. The van der Waals surface area contributed by atoms with Crippen LogP contribution in [0.1, 0.15) is 106 Å². The van der Waals surface area contributed by atoms with E-state index in [0.717, 1.165) is 56.9 Å². The zero-order valence-electron chi connectivity index (χ0n) is 26.0. The van der Waals surface area contributed by atoms with E-state index in [-0.39, 0.29) is 69.1 Å². The minimum Gasteiger partial charge on any atom is -0.377 e. The molecule has 0 heterocycles. The molecule has 3 fully saturated rings. The lowest BCUT2D eigenvalue weighted by Crippen LogP contribution is -2.64. The number of carbonyl (C=O) groups is 3. The lowest BCUT2D eigenvalue weighted by atomic mass is 9.34. The first-order valence-corrected chi connectivity index (χ1v) is 15.4. The lowest BCUT2D eigenvalue weighted by molar-refractivity contribution is -0.173. The molecule has 5 aliphatic rings. The number of carbonyl (C=O) groups excluding carboxylic acids is 3. The van der Waals surface area contributed by atoms with Crippen LogP contribution in [0.3, 0.4) is 0 Å². The molecule has 0 N–H and O–H groups in total. The number of hydrogen-bond donors (Lipinski definition) is 0. The molecule has 40 heavy (non-hydrogen) atoms. The third kappa shape index (κ3) is 3.91. The average molecular weight is 548 g/mol. The summed E-state index contributed by atoms with van der Waals surface area (Å²) in [6, 6.07) is 0. The standard InChI is InChI=1S/C35H49NO4/c1-30(2)14-16-35(13-10-22(37)21-40-9)17-15-34(7)28(23(35)19-30)25(38)18-27-32(5)20-24(36-8)29(39)31(3,4)26(32)11-12-33(27,34)6/h18,20,23,26,28H,10-17,19,21H2,1-7,9H3/t23-,26-,28-,32-,33+,34+,35+/m0/s1. The van der Waals surface area contributed by atoms with Crippen molar-refractivity contribution >= 4 is 17.3 Å². The van der Waals surface area contributed by atoms with Gasteiger partial charge in [0.25, 0.3) is 0 Å². The van der Waals surface area contributed by atoms with Crippen LogP contribution < -0.4 is 0 Å². The average Bonchev–Trinajstić information content (AvgIpc) is 2.87. The van der Waals surface area contributed by atoms with Gasteiger partial charge in [-0.15, -0.1) is 0 Å². The summed E-state index contributed by atoms with van der Waals surface area (Å²) in [5.74, 6) is 0.565. The van der Waals surface area contributed by atoms with Crippen molar-refractivity contribution in [3.8, 4) is 0 Å². The molecule has 7 atom stereocenters. The predicted molar refractivity (Wildman–Crippen MR) is 156 cm³/mol. The number of methoxy groups -OCH3 is 1. The van der Waals surface area contributed by atoms with E-state index in [1.807, 2.05) is 26.0 Å². The third-order valence-electron chi connectivity index (χ3n) is 13.2. The van der Waals surface area contributed by atoms with Crippen LogP contribution in [0.5, 0.6) is 0 Å². The summed E-state index contributed by atoms with van der Waals surface area (Å²) in [4.78, 5) is 44.1. The van der Waals surface area contributed by atoms with Gasteiger partial charge in [-0.05, 0) is 90.9 Å². The van der Waals surface area contributed by atoms with Crippen molar-refractivity contribution in [1.82, 2.24) is 0 Å². The Balaban J connectivity index is 1.62. The minimum atomic E-state index is -0.643. The van der Waals surface area contributed by atoms with E-state index in [0.29, 0.717) is 6.42 Å². The third-order valence-corrected chi connectivity index (χ3v) is 13.2. The molecule has 0 aromatic rings. The zero-order chi connectivity index (χ0) is 29.5. The summed E-state index contributed by atoms with van der Waals surface area (Å²) in [5, 5.41) is 0. The first-order chi connectivity index (χ1) is 18.5. The van der Waals surface area contributed by atoms with Gasteiger partial charge in [0, 0.05) is 30.3 Å². The first kappa shape index (κ1) is 29.4. The molecule has 218 valence electrons. The van der Waals surface area contributed by atoms with Gasteiger partial charge in [-0.3, -0.25) is 9.59 Å². The summed E-state index contributed by atoms with van der Waals surface area (Å²) >= 11 is 0. The number of allylic oxidation sites excluding steroid dienone is 4.